The number of fused-ring (bicyclic) bond motifs is 1. The van der Waals surface area contributed by atoms with Gasteiger partial charge in [0.05, 0.1) is 0 Å². The van der Waals surface area contributed by atoms with Gasteiger partial charge in [0.15, 0.2) is 0 Å². The molecule has 4 nitrogen and oxygen atoms in total. The van der Waals surface area contributed by atoms with Crippen molar-refractivity contribution in [3.63, 3.8) is 0 Å². The summed E-state index contributed by atoms with van der Waals surface area (Å²) in [6.45, 7) is 1.13. The molecule has 5 heteroatoms. The molecule has 1 amide bonds. The molecule has 4 rings (SSSR count). The van der Waals surface area contributed by atoms with E-state index in [1.54, 1.807) is 4.90 Å². The smallest absolute Gasteiger partial charge is 0.410 e. The third-order valence-electron chi connectivity index (χ3n) is 4.99. The number of carbonyl (C=O) groups excluding carboxylic acids is 1. The molecule has 0 bridgehead atoms. The number of benzene rings is 3. The number of hydrogen-bond acceptors (Lipinski definition) is 3. The lowest BCUT2D eigenvalue weighted by Gasteiger charge is -2.30. The lowest BCUT2D eigenvalue weighted by molar-refractivity contribution is 0.0919. The van der Waals surface area contributed by atoms with Crippen LogP contribution >= 0.6 is 0 Å². The number of rotatable bonds is 3. The number of phenolic OH excluding ortho intramolecular Hbond substituents is 1. The summed E-state index contributed by atoms with van der Waals surface area (Å²) in [5, 5.41) is 10.2. The molecule has 1 heterocycles. The normalized spacial score (nSPS) is 13.1. The summed E-state index contributed by atoms with van der Waals surface area (Å²) in [4.78, 5) is 14.2. The molecule has 0 radical (unpaired) electrons. The molecule has 0 aromatic heterocycles. The van der Waals surface area contributed by atoms with Crippen LogP contribution in [0.4, 0.5) is 9.18 Å². The summed E-state index contributed by atoms with van der Waals surface area (Å²) in [7, 11) is 0. The third kappa shape index (κ3) is 3.69. The van der Waals surface area contributed by atoms with E-state index in [1.807, 2.05) is 48.5 Å². The van der Waals surface area contributed by atoms with E-state index in [0.717, 1.165) is 22.3 Å². The number of aromatic hydroxyl groups is 1. The molecule has 0 atom stereocenters. The minimum atomic E-state index is -0.416. The van der Waals surface area contributed by atoms with E-state index in [0.29, 0.717) is 25.1 Å². The highest BCUT2D eigenvalue weighted by molar-refractivity contribution is 5.76. The zero-order valence-electron chi connectivity index (χ0n) is 15.3. The molecule has 3 aromatic rings. The topological polar surface area (TPSA) is 49.8 Å². The van der Waals surface area contributed by atoms with Crippen molar-refractivity contribution in [1.82, 2.24) is 4.90 Å². The first-order chi connectivity index (χ1) is 13.6. The first-order valence-corrected chi connectivity index (χ1v) is 9.17. The average molecular weight is 377 g/mol. The number of halogens is 1. The molecular weight excluding hydrogens is 357 g/mol. The zero-order valence-corrected chi connectivity index (χ0v) is 15.3. The predicted molar refractivity (Wildman–Crippen MR) is 104 cm³/mol. The second-order valence-corrected chi connectivity index (χ2v) is 6.82. The summed E-state index contributed by atoms with van der Waals surface area (Å²) in [6.07, 6.45) is 0.299. The monoisotopic (exact) mass is 377 g/mol. The largest absolute Gasteiger partial charge is 0.507 e. The Morgan fingerprint density at radius 1 is 1.04 bits per heavy atom. The van der Waals surface area contributed by atoms with Crippen molar-refractivity contribution in [3.8, 4) is 16.9 Å². The van der Waals surface area contributed by atoms with E-state index in [9.17, 15) is 14.3 Å². The van der Waals surface area contributed by atoms with E-state index < -0.39 is 5.82 Å². The Hall–Kier alpha value is -3.34. The van der Waals surface area contributed by atoms with Crippen LogP contribution in [0.2, 0.25) is 0 Å². The summed E-state index contributed by atoms with van der Waals surface area (Å²) in [6, 6.07) is 19.1. The van der Waals surface area contributed by atoms with E-state index in [4.69, 9.17) is 4.74 Å². The van der Waals surface area contributed by atoms with Gasteiger partial charge in [-0.1, -0.05) is 48.5 Å². The molecule has 1 aliphatic rings. The minimum absolute atomic E-state index is 0.0126. The minimum Gasteiger partial charge on any atom is -0.507 e. The van der Waals surface area contributed by atoms with Gasteiger partial charge in [0, 0.05) is 18.7 Å². The van der Waals surface area contributed by atoms with Crippen molar-refractivity contribution in [2.45, 2.75) is 19.6 Å². The van der Waals surface area contributed by atoms with Crippen LogP contribution in [-0.4, -0.2) is 22.6 Å². The van der Waals surface area contributed by atoms with Gasteiger partial charge < -0.3 is 14.7 Å². The van der Waals surface area contributed by atoms with Crippen LogP contribution in [0.5, 0.6) is 5.75 Å². The lowest BCUT2D eigenvalue weighted by Crippen LogP contribution is -2.36. The van der Waals surface area contributed by atoms with Gasteiger partial charge in [-0.25, -0.2) is 9.18 Å². The van der Waals surface area contributed by atoms with Crippen LogP contribution in [0.25, 0.3) is 11.1 Å². The highest BCUT2D eigenvalue weighted by Crippen LogP contribution is 2.36. The van der Waals surface area contributed by atoms with Gasteiger partial charge in [0.2, 0.25) is 0 Å². The molecule has 0 aliphatic carbocycles. The Kier molecular flexibility index (Phi) is 4.98. The van der Waals surface area contributed by atoms with Gasteiger partial charge in [-0.2, -0.15) is 0 Å². The van der Waals surface area contributed by atoms with Crippen molar-refractivity contribution in [2.75, 3.05) is 6.54 Å². The van der Waals surface area contributed by atoms with Crippen LogP contribution in [0.3, 0.4) is 0 Å². The van der Waals surface area contributed by atoms with Crippen LogP contribution < -0.4 is 0 Å². The van der Waals surface area contributed by atoms with Gasteiger partial charge in [-0.15, -0.1) is 0 Å². The maximum Gasteiger partial charge on any atom is 0.410 e. The lowest BCUT2D eigenvalue weighted by atomic mass is 9.91. The maximum absolute atomic E-state index is 13.7. The number of ether oxygens (including phenoxy) is 1. The molecule has 0 fully saturated rings. The van der Waals surface area contributed by atoms with Gasteiger partial charge in [-0.05, 0) is 46.9 Å². The first kappa shape index (κ1) is 18.0. The summed E-state index contributed by atoms with van der Waals surface area (Å²) < 4.78 is 19.2. The van der Waals surface area contributed by atoms with E-state index in [1.165, 1.54) is 18.2 Å². The van der Waals surface area contributed by atoms with Crippen molar-refractivity contribution in [1.29, 1.82) is 0 Å². The fourth-order valence-corrected chi connectivity index (χ4v) is 3.52. The molecule has 1 aliphatic heterocycles. The van der Waals surface area contributed by atoms with Crippen molar-refractivity contribution in [3.05, 3.63) is 89.2 Å². The summed E-state index contributed by atoms with van der Waals surface area (Å²) in [5.74, 6) is -0.404. The molecule has 142 valence electrons. The van der Waals surface area contributed by atoms with Crippen molar-refractivity contribution >= 4 is 6.09 Å². The van der Waals surface area contributed by atoms with Crippen LogP contribution in [0.15, 0.2) is 66.7 Å². The predicted octanol–water partition coefficient (Wildman–Crippen LogP) is 4.89. The van der Waals surface area contributed by atoms with E-state index in [-0.39, 0.29) is 18.4 Å². The van der Waals surface area contributed by atoms with Gasteiger partial charge in [0.25, 0.3) is 0 Å². The maximum atomic E-state index is 13.7. The Labute approximate surface area is 162 Å². The van der Waals surface area contributed by atoms with E-state index in [2.05, 4.69) is 0 Å². The molecule has 0 saturated carbocycles. The van der Waals surface area contributed by atoms with Crippen LogP contribution in [0, 0.1) is 5.82 Å². The SMILES string of the molecule is O=C(OCc1ccccc1)N1CCc2cccc(-c3cc(F)ccc3O)c2C1. The summed E-state index contributed by atoms with van der Waals surface area (Å²) in [5.41, 5.74) is 4.09. The molecule has 28 heavy (non-hydrogen) atoms. The fraction of sp³-hybridized carbons (Fsp3) is 0.174. The Balaban J connectivity index is 1.56. The fourth-order valence-electron chi connectivity index (χ4n) is 3.52. The standard InChI is InChI=1S/C23H20FNO3/c24-18-9-10-22(26)20(13-18)19-8-4-7-17-11-12-25(14-21(17)19)23(27)28-15-16-5-2-1-3-6-16/h1-10,13,26H,11-12,14-15H2. The number of phenols is 1. The second-order valence-electron chi connectivity index (χ2n) is 6.82. The van der Waals surface area contributed by atoms with Crippen LogP contribution in [0.1, 0.15) is 16.7 Å². The molecule has 0 unspecified atom stereocenters. The zero-order chi connectivity index (χ0) is 19.5. The summed E-state index contributed by atoms with van der Waals surface area (Å²) >= 11 is 0. The second kappa shape index (κ2) is 7.72. The Bertz CT molecular complexity index is 1000. The third-order valence-corrected chi connectivity index (χ3v) is 4.99. The quantitative estimate of drug-likeness (QED) is 0.707. The molecular formula is C23H20FNO3. The van der Waals surface area contributed by atoms with Gasteiger partial charge >= 0.3 is 6.09 Å². The number of carbonyl (C=O) groups is 1. The number of amides is 1. The first-order valence-electron chi connectivity index (χ1n) is 9.17. The molecule has 0 saturated heterocycles. The van der Waals surface area contributed by atoms with Gasteiger partial charge in [0.1, 0.15) is 18.2 Å². The average Bonchev–Trinajstić information content (AvgIpc) is 2.73. The highest BCUT2D eigenvalue weighted by Gasteiger charge is 2.25. The molecule has 1 N–H and O–H groups in total. The van der Waals surface area contributed by atoms with Gasteiger partial charge in [-0.3, -0.25) is 0 Å². The Morgan fingerprint density at radius 3 is 2.68 bits per heavy atom. The van der Waals surface area contributed by atoms with Crippen molar-refractivity contribution in [2.24, 2.45) is 0 Å². The van der Waals surface area contributed by atoms with E-state index >= 15 is 0 Å². The number of nitrogens with zero attached hydrogens (tertiary/aromatic N) is 1. The highest BCUT2D eigenvalue weighted by atomic mass is 19.1. The molecule has 3 aromatic carbocycles. The Morgan fingerprint density at radius 2 is 1.86 bits per heavy atom. The van der Waals surface area contributed by atoms with Crippen molar-refractivity contribution < 1.29 is 19.0 Å². The van der Waals surface area contributed by atoms with Crippen LogP contribution in [-0.2, 0) is 24.3 Å². The molecule has 0 spiro atoms. The number of hydrogen-bond donors (Lipinski definition) is 1.